The fraction of sp³-hybridized carbons (Fsp3) is 0.500. The van der Waals surface area contributed by atoms with Crippen LogP contribution < -0.4 is 5.32 Å². The molecule has 0 atom stereocenters. The van der Waals surface area contributed by atoms with Crippen LogP contribution in [-0.2, 0) is 11.3 Å². The fourth-order valence-corrected chi connectivity index (χ4v) is 3.15. The Balaban J connectivity index is 1.45. The van der Waals surface area contributed by atoms with Crippen LogP contribution in [0.15, 0.2) is 29.3 Å². The van der Waals surface area contributed by atoms with Crippen molar-refractivity contribution in [3.8, 4) is 0 Å². The average Bonchev–Trinajstić information content (AvgIpc) is 2.48. The van der Waals surface area contributed by atoms with Gasteiger partial charge in [-0.25, -0.2) is 0 Å². The van der Waals surface area contributed by atoms with Crippen molar-refractivity contribution in [3.63, 3.8) is 0 Å². The predicted molar refractivity (Wildman–Crippen MR) is 80.9 cm³/mol. The van der Waals surface area contributed by atoms with E-state index in [1.54, 1.807) is 0 Å². The molecule has 102 valence electrons. The van der Waals surface area contributed by atoms with Gasteiger partial charge in [-0.15, -0.1) is 0 Å². The highest BCUT2D eigenvalue weighted by Crippen LogP contribution is 2.23. The molecule has 0 spiro atoms. The summed E-state index contributed by atoms with van der Waals surface area (Å²) in [5.74, 6) is 1.08. The van der Waals surface area contributed by atoms with E-state index in [-0.39, 0.29) is 0 Å². The summed E-state index contributed by atoms with van der Waals surface area (Å²) in [6.07, 6.45) is 0. The molecule has 0 aliphatic carbocycles. The van der Waals surface area contributed by atoms with Crippen molar-refractivity contribution in [2.24, 2.45) is 4.99 Å². The SMILES string of the molecule is c1ccc2c(c1)CN=C(SCCN1CCOCC1)N2. The lowest BCUT2D eigenvalue weighted by atomic mass is 10.1. The summed E-state index contributed by atoms with van der Waals surface area (Å²) in [6.45, 7) is 5.76. The number of amidine groups is 1. The molecule has 0 radical (unpaired) electrons. The molecule has 3 rings (SSSR count). The van der Waals surface area contributed by atoms with Gasteiger partial charge in [0.05, 0.1) is 19.8 Å². The number of para-hydroxylation sites is 1. The van der Waals surface area contributed by atoms with Crippen LogP contribution in [0.3, 0.4) is 0 Å². The maximum Gasteiger partial charge on any atom is 0.161 e. The zero-order valence-corrected chi connectivity index (χ0v) is 11.8. The molecule has 0 aromatic heterocycles. The van der Waals surface area contributed by atoms with Crippen molar-refractivity contribution in [1.29, 1.82) is 0 Å². The Labute approximate surface area is 118 Å². The molecule has 5 heteroatoms. The second-order valence-electron chi connectivity index (χ2n) is 4.71. The first-order valence-electron chi connectivity index (χ1n) is 6.74. The first kappa shape index (κ1) is 13.0. The molecule has 0 unspecified atom stereocenters. The van der Waals surface area contributed by atoms with Crippen LogP contribution in [0.1, 0.15) is 5.56 Å². The number of anilines is 1. The minimum absolute atomic E-state index is 0.795. The zero-order chi connectivity index (χ0) is 12.9. The Hall–Kier alpha value is -1.04. The van der Waals surface area contributed by atoms with Gasteiger partial charge >= 0.3 is 0 Å². The average molecular weight is 277 g/mol. The van der Waals surface area contributed by atoms with E-state index in [0.29, 0.717) is 0 Å². The van der Waals surface area contributed by atoms with Crippen LogP contribution in [0.25, 0.3) is 0 Å². The quantitative estimate of drug-likeness (QED) is 0.917. The summed E-state index contributed by atoms with van der Waals surface area (Å²) in [5, 5.41) is 4.45. The lowest BCUT2D eigenvalue weighted by molar-refractivity contribution is 0.0410. The molecule has 0 bridgehead atoms. The number of ether oxygens (including phenoxy) is 1. The monoisotopic (exact) mass is 277 g/mol. The standard InChI is InChI=1S/C14H19N3OS/c1-2-4-13-12(3-1)11-15-14(16-13)19-10-7-17-5-8-18-9-6-17/h1-4H,5-11H2,(H,15,16). The third-order valence-electron chi connectivity index (χ3n) is 3.40. The summed E-state index contributed by atoms with van der Waals surface area (Å²) < 4.78 is 5.35. The number of benzene rings is 1. The second kappa shape index (κ2) is 6.41. The normalized spacial score (nSPS) is 19.5. The summed E-state index contributed by atoms with van der Waals surface area (Å²) in [6, 6.07) is 8.37. The van der Waals surface area contributed by atoms with E-state index >= 15 is 0 Å². The molecule has 1 saturated heterocycles. The van der Waals surface area contributed by atoms with Crippen molar-refractivity contribution < 1.29 is 4.74 Å². The van der Waals surface area contributed by atoms with Gasteiger partial charge in [0.2, 0.25) is 0 Å². The van der Waals surface area contributed by atoms with Gasteiger partial charge in [0.25, 0.3) is 0 Å². The van der Waals surface area contributed by atoms with Crippen molar-refractivity contribution >= 4 is 22.6 Å². The number of thioether (sulfide) groups is 1. The number of fused-ring (bicyclic) bond motifs is 1. The van der Waals surface area contributed by atoms with Crippen molar-refractivity contribution in [2.45, 2.75) is 6.54 Å². The highest BCUT2D eigenvalue weighted by atomic mass is 32.2. The number of aliphatic imine (C=N–C) groups is 1. The molecule has 0 saturated carbocycles. The van der Waals surface area contributed by atoms with Gasteiger partial charge < -0.3 is 10.1 Å². The number of hydrogen-bond acceptors (Lipinski definition) is 5. The zero-order valence-electron chi connectivity index (χ0n) is 11.0. The Morgan fingerprint density at radius 2 is 2.11 bits per heavy atom. The Bertz CT molecular complexity index is 458. The third kappa shape index (κ3) is 3.49. The Morgan fingerprint density at radius 1 is 1.26 bits per heavy atom. The molecular formula is C14H19N3OS. The molecule has 2 aliphatic heterocycles. The highest BCUT2D eigenvalue weighted by molar-refractivity contribution is 8.14. The van der Waals surface area contributed by atoms with Gasteiger partial charge in [-0.05, 0) is 11.6 Å². The van der Waals surface area contributed by atoms with E-state index in [0.717, 1.165) is 50.3 Å². The van der Waals surface area contributed by atoms with Crippen molar-refractivity contribution in [3.05, 3.63) is 29.8 Å². The lowest BCUT2D eigenvalue weighted by Gasteiger charge is -2.26. The van der Waals surface area contributed by atoms with E-state index in [4.69, 9.17) is 4.74 Å². The number of hydrogen-bond donors (Lipinski definition) is 1. The second-order valence-corrected chi connectivity index (χ2v) is 5.79. The fourth-order valence-electron chi connectivity index (χ4n) is 2.27. The summed E-state index contributed by atoms with van der Waals surface area (Å²) >= 11 is 1.81. The number of rotatable bonds is 3. The summed E-state index contributed by atoms with van der Waals surface area (Å²) in [4.78, 5) is 7.03. The molecule has 1 aromatic rings. The van der Waals surface area contributed by atoms with Crippen LogP contribution in [0.4, 0.5) is 5.69 Å². The Morgan fingerprint density at radius 3 is 3.00 bits per heavy atom. The maximum atomic E-state index is 5.35. The minimum Gasteiger partial charge on any atom is -0.379 e. The topological polar surface area (TPSA) is 36.9 Å². The van der Waals surface area contributed by atoms with Crippen molar-refractivity contribution in [1.82, 2.24) is 4.90 Å². The summed E-state index contributed by atoms with van der Waals surface area (Å²) in [5.41, 5.74) is 2.48. The van der Waals surface area contributed by atoms with Gasteiger partial charge in [0.1, 0.15) is 0 Å². The van der Waals surface area contributed by atoms with Crippen LogP contribution in [0.5, 0.6) is 0 Å². The number of morpholine rings is 1. The van der Waals surface area contributed by atoms with Crippen LogP contribution in [0, 0.1) is 0 Å². The van der Waals surface area contributed by atoms with Gasteiger partial charge in [0.15, 0.2) is 5.17 Å². The number of nitrogens with one attached hydrogen (secondary N) is 1. The molecular weight excluding hydrogens is 258 g/mol. The van der Waals surface area contributed by atoms with E-state index < -0.39 is 0 Å². The molecule has 1 fully saturated rings. The predicted octanol–water partition coefficient (Wildman–Crippen LogP) is 2.03. The van der Waals surface area contributed by atoms with Crippen LogP contribution >= 0.6 is 11.8 Å². The van der Waals surface area contributed by atoms with E-state index in [9.17, 15) is 0 Å². The third-order valence-corrected chi connectivity index (χ3v) is 4.29. The van der Waals surface area contributed by atoms with E-state index in [2.05, 4.69) is 39.5 Å². The molecule has 2 aliphatic rings. The lowest BCUT2D eigenvalue weighted by Crippen LogP contribution is -2.37. The molecule has 19 heavy (non-hydrogen) atoms. The molecule has 4 nitrogen and oxygen atoms in total. The first-order chi connectivity index (χ1) is 9.42. The van der Waals surface area contributed by atoms with Gasteiger partial charge in [-0.3, -0.25) is 9.89 Å². The summed E-state index contributed by atoms with van der Waals surface area (Å²) in [7, 11) is 0. The number of nitrogens with zero attached hydrogens (tertiary/aromatic N) is 2. The molecule has 2 heterocycles. The first-order valence-corrected chi connectivity index (χ1v) is 7.73. The highest BCUT2D eigenvalue weighted by Gasteiger charge is 2.13. The largest absolute Gasteiger partial charge is 0.379 e. The Kier molecular flexibility index (Phi) is 4.37. The molecule has 0 amide bonds. The van der Waals surface area contributed by atoms with Gasteiger partial charge in [-0.2, -0.15) is 0 Å². The smallest absolute Gasteiger partial charge is 0.161 e. The maximum absolute atomic E-state index is 5.35. The van der Waals surface area contributed by atoms with Gasteiger partial charge in [-0.1, -0.05) is 30.0 Å². The van der Waals surface area contributed by atoms with Gasteiger partial charge in [0, 0.05) is 31.1 Å². The molecule has 1 N–H and O–H groups in total. The van der Waals surface area contributed by atoms with E-state index in [1.165, 1.54) is 11.3 Å². The molecule has 1 aromatic carbocycles. The van der Waals surface area contributed by atoms with E-state index in [1.807, 2.05) is 11.8 Å². The van der Waals surface area contributed by atoms with Crippen LogP contribution in [0.2, 0.25) is 0 Å². The minimum atomic E-state index is 0.795. The van der Waals surface area contributed by atoms with Crippen molar-refractivity contribution in [2.75, 3.05) is 43.9 Å². The van der Waals surface area contributed by atoms with Crippen LogP contribution in [-0.4, -0.2) is 48.7 Å².